The van der Waals surface area contributed by atoms with E-state index in [2.05, 4.69) is 6.92 Å². The van der Waals surface area contributed by atoms with Gasteiger partial charge in [0.2, 0.25) is 0 Å². The van der Waals surface area contributed by atoms with Crippen LogP contribution in [0.25, 0.3) is 0 Å². The van der Waals surface area contributed by atoms with Crippen LogP contribution in [0.3, 0.4) is 0 Å². The molecule has 0 saturated heterocycles. The minimum Gasteiger partial charge on any atom is -0.428 e. The fraction of sp³-hybridized carbons (Fsp3) is 1.00. The van der Waals surface area contributed by atoms with E-state index in [0.29, 0.717) is 0 Å². The molecular weight excluding hydrogens is 111 g/mol. The van der Waals surface area contributed by atoms with E-state index in [1.807, 2.05) is 0 Å². The average Bonchev–Trinajstić information content (AvgIpc) is 1.61. The topological polar surface area (TPSA) is 9.23 Å². The van der Waals surface area contributed by atoms with Crippen molar-refractivity contribution >= 4 is 10.5 Å². The Morgan fingerprint density at radius 1 is 1.57 bits per heavy atom. The number of unbranched alkanes of at least 4 members (excludes halogenated alkanes) is 1. The summed E-state index contributed by atoms with van der Waals surface area (Å²) in [6.45, 7) is 3.14. The normalized spacial score (nSPS) is 8.14. The second kappa shape index (κ2) is 9.44. The zero-order valence-corrected chi connectivity index (χ0v) is 6.94. The maximum atomic E-state index is 4.92. The van der Waals surface area contributed by atoms with Crippen molar-refractivity contribution in [1.82, 2.24) is 0 Å². The molecule has 0 rings (SSSR count). The van der Waals surface area contributed by atoms with Crippen LogP contribution in [0, 0.1) is 0 Å². The second-order valence-electron chi connectivity index (χ2n) is 1.35. The standard InChI is InChI=1S/C4H12OSi.FH/c1-2-3-4-5-6;/h2-4H2,1,6H3;1H. The van der Waals surface area contributed by atoms with E-state index < -0.39 is 0 Å². The second-order valence-corrected chi connectivity index (χ2v) is 1.92. The molecule has 0 aliphatic rings. The van der Waals surface area contributed by atoms with Crippen molar-refractivity contribution in [2.45, 2.75) is 19.8 Å². The highest BCUT2D eigenvalue weighted by atomic mass is 28.2. The van der Waals surface area contributed by atoms with Gasteiger partial charge in [0, 0.05) is 6.61 Å². The third-order valence-corrected chi connectivity index (χ3v) is 1.11. The van der Waals surface area contributed by atoms with Crippen LogP contribution in [-0.2, 0) is 4.43 Å². The van der Waals surface area contributed by atoms with Gasteiger partial charge in [0.25, 0.3) is 0 Å². The first-order chi connectivity index (χ1) is 2.91. The number of halogens is 1. The summed E-state index contributed by atoms with van der Waals surface area (Å²) in [4.78, 5) is 0. The highest BCUT2D eigenvalue weighted by Crippen LogP contribution is 1.82. The lowest BCUT2D eigenvalue weighted by atomic mass is 10.4. The van der Waals surface area contributed by atoms with Crippen LogP contribution in [-0.4, -0.2) is 17.1 Å². The molecule has 0 radical (unpaired) electrons. The van der Waals surface area contributed by atoms with Crippen molar-refractivity contribution in [3.63, 3.8) is 0 Å². The first-order valence-corrected chi connectivity index (χ1v) is 3.22. The number of hydrogen-bond donors (Lipinski definition) is 0. The molecule has 0 aromatic heterocycles. The van der Waals surface area contributed by atoms with E-state index in [4.69, 9.17) is 4.43 Å². The molecule has 0 aliphatic carbocycles. The van der Waals surface area contributed by atoms with Gasteiger partial charge in [0.05, 0.1) is 0 Å². The minimum atomic E-state index is 0. The third-order valence-electron chi connectivity index (χ3n) is 0.702. The summed E-state index contributed by atoms with van der Waals surface area (Å²) in [5.41, 5.74) is 0. The van der Waals surface area contributed by atoms with Crippen LogP contribution in [0.15, 0.2) is 0 Å². The first-order valence-electron chi connectivity index (χ1n) is 2.40. The molecular formula is C4H13FOSi. The summed E-state index contributed by atoms with van der Waals surface area (Å²) in [7, 11) is 0.903. The van der Waals surface area contributed by atoms with Gasteiger partial charge in [-0.15, -0.1) is 0 Å². The number of hydrogen-bond acceptors (Lipinski definition) is 1. The third kappa shape index (κ3) is 10.7. The van der Waals surface area contributed by atoms with Crippen LogP contribution in [0.2, 0.25) is 0 Å². The fourth-order valence-corrected chi connectivity index (χ4v) is 0.577. The van der Waals surface area contributed by atoms with Gasteiger partial charge < -0.3 is 4.43 Å². The van der Waals surface area contributed by atoms with Gasteiger partial charge in [0.1, 0.15) is 10.5 Å². The molecule has 1 nitrogen and oxygen atoms in total. The molecule has 46 valence electrons. The largest absolute Gasteiger partial charge is 0.428 e. The van der Waals surface area contributed by atoms with Crippen molar-refractivity contribution in [3.8, 4) is 0 Å². The smallest absolute Gasteiger partial charge is 0.145 e. The predicted molar refractivity (Wildman–Crippen MR) is 33.3 cm³/mol. The van der Waals surface area contributed by atoms with Gasteiger partial charge in [0.15, 0.2) is 0 Å². The lowest BCUT2D eigenvalue weighted by Gasteiger charge is -1.90. The molecule has 0 bridgehead atoms. The first kappa shape index (κ1) is 10.2. The monoisotopic (exact) mass is 124 g/mol. The SMILES string of the molecule is CCCCO[SiH3].F. The quantitative estimate of drug-likeness (QED) is 0.387. The summed E-state index contributed by atoms with van der Waals surface area (Å²) < 4.78 is 4.92. The van der Waals surface area contributed by atoms with Crippen molar-refractivity contribution in [3.05, 3.63) is 0 Å². The van der Waals surface area contributed by atoms with Crippen molar-refractivity contribution < 1.29 is 9.13 Å². The lowest BCUT2D eigenvalue weighted by Crippen LogP contribution is -1.85. The van der Waals surface area contributed by atoms with E-state index in [9.17, 15) is 0 Å². The Balaban J connectivity index is 0. The van der Waals surface area contributed by atoms with Crippen molar-refractivity contribution in [1.29, 1.82) is 0 Å². The molecule has 0 heterocycles. The highest BCUT2D eigenvalue weighted by molar-refractivity contribution is 5.97. The Hall–Kier alpha value is 0.107. The van der Waals surface area contributed by atoms with Gasteiger partial charge >= 0.3 is 0 Å². The minimum absolute atomic E-state index is 0. The summed E-state index contributed by atoms with van der Waals surface area (Å²) in [6.07, 6.45) is 2.48. The molecule has 0 atom stereocenters. The highest BCUT2D eigenvalue weighted by Gasteiger charge is 1.74. The summed E-state index contributed by atoms with van der Waals surface area (Å²) >= 11 is 0. The van der Waals surface area contributed by atoms with E-state index in [0.717, 1.165) is 17.1 Å². The zero-order valence-electron chi connectivity index (χ0n) is 4.94. The van der Waals surface area contributed by atoms with E-state index >= 15 is 0 Å². The molecule has 0 aromatic rings. The van der Waals surface area contributed by atoms with Gasteiger partial charge in [-0.25, -0.2) is 0 Å². The Morgan fingerprint density at radius 3 is 2.29 bits per heavy atom. The summed E-state index contributed by atoms with van der Waals surface area (Å²) in [5.74, 6) is 0. The van der Waals surface area contributed by atoms with Crippen molar-refractivity contribution in [2.24, 2.45) is 0 Å². The molecule has 0 fully saturated rings. The maximum absolute atomic E-state index is 4.92. The molecule has 0 N–H and O–H groups in total. The molecule has 0 aromatic carbocycles. The van der Waals surface area contributed by atoms with Crippen molar-refractivity contribution in [2.75, 3.05) is 6.61 Å². The summed E-state index contributed by atoms with van der Waals surface area (Å²) in [6, 6.07) is 0. The Bertz CT molecular complexity index is 23.7. The molecule has 7 heavy (non-hydrogen) atoms. The van der Waals surface area contributed by atoms with E-state index in [1.54, 1.807) is 0 Å². The van der Waals surface area contributed by atoms with Gasteiger partial charge in [-0.05, 0) is 6.42 Å². The molecule has 0 spiro atoms. The van der Waals surface area contributed by atoms with E-state index in [1.165, 1.54) is 12.8 Å². The Labute approximate surface area is 47.0 Å². The van der Waals surface area contributed by atoms with Crippen LogP contribution in [0.1, 0.15) is 19.8 Å². The number of rotatable bonds is 3. The molecule has 3 heteroatoms. The van der Waals surface area contributed by atoms with Crippen LogP contribution in [0.4, 0.5) is 4.70 Å². The Morgan fingerprint density at radius 2 is 2.14 bits per heavy atom. The zero-order chi connectivity index (χ0) is 4.83. The van der Waals surface area contributed by atoms with Crippen LogP contribution >= 0.6 is 0 Å². The van der Waals surface area contributed by atoms with Gasteiger partial charge in [-0.3, -0.25) is 4.70 Å². The average molecular weight is 124 g/mol. The van der Waals surface area contributed by atoms with Gasteiger partial charge in [-0.1, -0.05) is 13.3 Å². The lowest BCUT2D eigenvalue weighted by molar-refractivity contribution is 0.339. The van der Waals surface area contributed by atoms with E-state index in [-0.39, 0.29) is 4.70 Å². The predicted octanol–water partition coefficient (Wildman–Crippen LogP) is 0.236. The molecule has 0 aliphatic heterocycles. The van der Waals surface area contributed by atoms with Gasteiger partial charge in [-0.2, -0.15) is 0 Å². The Kier molecular flexibility index (Phi) is 13.7. The maximum Gasteiger partial charge on any atom is 0.145 e. The van der Waals surface area contributed by atoms with Crippen LogP contribution in [0.5, 0.6) is 0 Å². The molecule has 0 saturated carbocycles. The van der Waals surface area contributed by atoms with Crippen LogP contribution < -0.4 is 0 Å². The molecule has 0 amide bonds. The molecule has 0 unspecified atom stereocenters. The summed E-state index contributed by atoms with van der Waals surface area (Å²) in [5, 5.41) is 0. The fourth-order valence-electron chi connectivity index (χ4n) is 0.289.